The van der Waals surface area contributed by atoms with Gasteiger partial charge in [0.25, 0.3) is 5.91 Å². The van der Waals surface area contributed by atoms with Gasteiger partial charge in [-0.05, 0) is 48.6 Å². The van der Waals surface area contributed by atoms with Gasteiger partial charge in [0.05, 0.1) is 22.9 Å². The lowest BCUT2D eigenvalue weighted by Crippen LogP contribution is -2.25. The van der Waals surface area contributed by atoms with Gasteiger partial charge < -0.3 is 5.32 Å². The molecule has 2 aromatic heterocycles. The van der Waals surface area contributed by atoms with Crippen LogP contribution < -0.4 is 10.6 Å². The number of thioether (sulfide) groups is 2. The van der Waals surface area contributed by atoms with Gasteiger partial charge >= 0.3 is 0 Å². The first-order valence-corrected chi connectivity index (χ1v) is 14.5. The Morgan fingerprint density at radius 2 is 1.89 bits per heavy atom. The van der Waals surface area contributed by atoms with Crippen LogP contribution in [0.4, 0.5) is 5.13 Å². The summed E-state index contributed by atoms with van der Waals surface area (Å²) >= 11 is 16.3. The number of anilines is 1. The lowest BCUT2D eigenvalue weighted by molar-refractivity contribution is -0.113. The summed E-state index contributed by atoms with van der Waals surface area (Å²) in [5, 5.41) is 23.8. The Balaban J connectivity index is 1.49. The van der Waals surface area contributed by atoms with Gasteiger partial charge in [0, 0.05) is 10.7 Å². The van der Waals surface area contributed by atoms with Crippen LogP contribution in [0.3, 0.4) is 0 Å². The average Bonchev–Trinajstić information content (AvgIpc) is 3.49. The van der Waals surface area contributed by atoms with Crippen LogP contribution in [0.2, 0.25) is 10.0 Å². The van der Waals surface area contributed by atoms with E-state index in [0.29, 0.717) is 26.2 Å². The number of hydrogen-bond donors (Lipinski definition) is 2. The number of amides is 2. The first kappa shape index (κ1) is 27.4. The standard InChI is InChI=1S/C23H21Cl2N7O2S3/c1-3-35-23-31-29-21(37-23)27-19(33)12-36-22-30-28-18(32(22)15-6-4-5-13(2)9-15)11-26-20(34)16-10-14(24)7-8-17(16)25/h4-10H,3,11-12H2,1-2H3,(H,26,34)(H,27,29,33). The van der Waals surface area contributed by atoms with Crippen molar-refractivity contribution in [2.45, 2.75) is 29.9 Å². The molecule has 0 aliphatic carbocycles. The van der Waals surface area contributed by atoms with Crippen molar-refractivity contribution in [3.63, 3.8) is 0 Å². The second kappa shape index (κ2) is 12.7. The third-order valence-corrected chi connectivity index (χ3v) is 8.14. The van der Waals surface area contributed by atoms with E-state index in [2.05, 4.69) is 31.0 Å². The summed E-state index contributed by atoms with van der Waals surface area (Å²) in [5.41, 5.74) is 2.11. The lowest BCUT2D eigenvalue weighted by Gasteiger charge is -2.12. The zero-order valence-electron chi connectivity index (χ0n) is 19.7. The third-order valence-electron chi connectivity index (χ3n) is 4.79. The Hall–Kier alpha value is -2.64. The van der Waals surface area contributed by atoms with E-state index < -0.39 is 5.91 Å². The molecule has 0 atom stereocenters. The predicted octanol–water partition coefficient (Wildman–Crippen LogP) is 5.51. The van der Waals surface area contributed by atoms with E-state index >= 15 is 0 Å². The molecule has 0 unspecified atom stereocenters. The summed E-state index contributed by atoms with van der Waals surface area (Å²) in [4.78, 5) is 25.3. The molecule has 37 heavy (non-hydrogen) atoms. The van der Waals surface area contributed by atoms with Gasteiger partial charge in [0.15, 0.2) is 15.3 Å². The Morgan fingerprint density at radius 1 is 1.05 bits per heavy atom. The molecule has 2 aromatic carbocycles. The number of halogens is 2. The van der Waals surface area contributed by atoms with Crippen molar-refractivity contribution in [2.24, 2.45) is 0 Å². The second-order valence-electron chi connectivity index (χ2n) is 7.52. The number of nitrogens with one attached hydrogen (secondary N) is 2. The van der Waals surface area contributed by atoms with Crippen LogP contribution in [0.5, 0.6) is 0 Å². The summed E-state index contributed by atoms with van der Waals surface area (Å²) in [6.45, 7) is 4.08. The van der Waals surface area contributed by atoms with Gasteiger partial charge in [0.2, 0.25) is 11.0 Å². The van der Waals surface area contributed by atoms with Crippen molar-refractivity contribution >= 4 is 75.0 Å². The summed E-state index contributed by atoms with van der Waals surface area (Å²) in [5.74, 6) is 0.827. The minimum atomic E-state index is -0.391. The van der Waals surface area contributed by atoms with Crippen molar-refractivity contribution in [1.82, 2.24) is 30.3 Å². The smallest absolute Gasteiger partial charge is 0.253 e. The van der Waals surface area contributed by atoms with E-state index in [4.69, 9.17) is 23.2 Å². The maximum Gasteiger partial charge on any atom is 0.253 e. The van der Waals surface area contributed by atoms with E-state index in [9.17, 15) is 9.59 Å². The van der Waals surface area contributed by atoms with E-state index in [0.717, 1.165) is 21.3 Å². The normalized spacial score (nSPS) is 10.9. The molecular weight excluding hydrogens is 573 g/mol. The zero-order chi connectivity index (χ0) is 26.4. The monoisotopic (exact) mass is 593 g/mol. The highest BCUT2D eigenvalue weighted by Gasteiger charge is 2.19. The summed E-state index contributed by atoms with van der Waals surface area (Å²) < 4.78 is 2.61. The van der Waals surface area contributed by atoms with Gasteiger partial charge in [-0.3, -0.25) is 19.5 Å². The first-order valence-electron chi connectivity index (χ1n) is 11.0. The molecule has 0 fully saturated rings. The van der Waals surface area contributed by atoms with Gasteiger partial charge in [-0.25, -0.2) is 0 Å². The minimum absolute atomic E-state index is 0.0814. The van der Waals surface area contributed by atoms with Crippen LogP contribution >= 0.6 is 58.1 Å². The third kappa shape index (κ3) is 7.23. The molecule has 14 heteroatoms. The SMILES string of the molecule is CCSc1nnc(NC(=O)CSc2nnc(CNC(=O)c3cc(Cl)ccc3Cl)n2-c2cccc(C)c2)s1. The van der Waals surface area contributed by atoms with Crippen molar-refractivity contribution in [1.29, 1.82) is 0 Å². The van der Waals surface area contributed by atoms with Crippen LogP contribution in [0.25, 0.3) is 5.69 Å². The quantitative estimate of drug-likeness (QED) is 0.183. The first-order chi connectivity index (χ1) is 17.8. The van der Waals surface area contributed by atoms with E-state index in [1.54, 1.807) is 23.9 Å². The Kier molecular flexibility index (Phi) is 9.43. The molecule has 4 aromatic rings. The fraction of sp³-hybridized carbons (Fsp3) is 0.217. The largest absolute Gasteiger partial charge is 0.345 e. The Morgan fingerprint density at radius 3 is 2.68 bits per heavy atom. The second-order valence-corrected chi connectivity index (χ2v) is 11.8. The Labute approximate surface area is 235 Å². The molecular formula is C23H21Cl2N7O2S3. The molecule has 2 amide bonds. The van der Waals surface area contributed by atoms with Crippen molar-refractivity contribution < 1.29 is 9.59 Å². The molecule has 2 N–H and O–H groups in total. The van der Waals surface area contributed by atoms with Gasteiger partial charge in [0.1, 0.15) is 0 Å². The summed E-state index contributed by atoms with van der Waals surface area (Å²) in [6, 6.07) is 12.5. The fourth-order valence-electron chi connectivity index (χ4n) is 3.19. The number of aromatic nitrogens is 5. The molecule has 9 nitrogen and oxygen atoms in total. The van der Waals surface area contributed by atoms with Crippen LogP contribution in [0.15, 0.2) is 52.0 Å². The van der Waals surface area contributed by atoms with Crippen molar-refractivity contribution in [3.05, 3.63) is 69.5 Å². The van der Waals surface area contributed by atoms with Crippen LogP contribution in [-0.2, 0) is 11.3 Å². The van der Waals surface area contributed by atoms with Gasteiger partial charge in [-0.15, -0.1) is 20.4 Å². The van der Waals surface area contributed by atoms with Crippen LogP contribution in [0, 0.1) is 6.92 Å². The highest BCUT2D eigenvalue weighted by atomic mass is 35.5. The number of aryl methyl sites for hydroxylation is 1. The molecule has 0 saturated carbocycles. The predicted molar refractivity (Wildman–Crippen MR) is 149 cm³/mol. The highest BCUT2D eigenvalue weighted by Crippen LogP contribution is 2.27. The Bertz CT molecular complexity index is 1430. The van der Waals surface area contributed by atoms with E-state index in [1.807, 2.05) is 42.7 Å². The van der Waals surface area contributed by atoms with Gasteiger partial charge in [-0.2, -0.15) is 0 Å². The maximum absolute atomic E-state index is 12.7. The highest BCUT2D eigenvalue weighted by molar-refractivity contribution is 8.01. The van der Waals surface area contributed by atoms with Crippen molar-refractivity contribution in [3.8, 4) is 5.69 Å². The number of hydrogen-bond acceptors (Lipinski definition) is 9. The molecule has 0 radical (unpaired) electrons. The van der Waals surface area contributed by atoms with Crippen LogP contribution in [-0.4, -0.2) is 48.3 Å². The number of carbonyl (C=O) groups excluding carboxylic acids is 2. The van der Waals surface area contributed by atoms with E-state index in [1.165, 1.54) is 29.2 Å². The summed E-state index contributed by atoms with van der Waals surface area (Å²) in [7, 11) is 0. The molecule has 0 saturated heterocycles. The number of rotatable bonds is 10. The number of nitrogens with zero attached hydrogens (tertiary/aromatic N) is 5. The van der Waals surface area contributed by atoms with Crippen LogP contribution in [0.1, 0.15) is 28.7 Å². The molecule has 0 spiro atoms. The fourth-order valence-corrected chi connectivity index (χ4v) is 6.00. The zero-order valence-corrected chi connectivity index (χ0v) is 23.7. The number of carbonyl (C=O) groups is 2. The van der Waals surface area contributed by atoms with Gasteiger partial charge in [-0.1, -0.05) is 77.1 Å². The maximum atomic E-state index is 12.7. The molecule has 4 rings (SSSR count). The molecule has 0 aliphatic heterocycles. The number of benzene rings is 2. The average molecular weight is 595 g/mol. The lowest BCUT2D eigenvalue weighted by atomic mass is 10.2. The molecule has 192 valence electrons. The molecule has 2 heterocycles. The van der Waals surface area contributed by atoms with E-state index in [-0.39, 0.29) is 23.8 Å². The minimum Gasteiger partial charge on any atom is -0.345 e. The molecule has 0 bridgehead atoms. The molecule has 0 aliphatic rings. The van der Waals surface area contributed by atoms with Crippen molar-refractivity contribution in [2.75, 3.05) is 16.8 Å². The topological polar surface area (TPSA) is 115 Å². The summed E-state index contributed by atoms with van der Waals surface area (Å²) in [6.07, 6.45) is 0.